The Morgan fingerprint density at radius 2 is 1.74 bits per heavy atom. The fourth-order valence-corrected chi connectivity index (χ4v) is 2.93. The van der Waals surface area contributed by atoms with Crippen LogP contribution in [0.25, 0.3) is 0 Å². The first-order valence-electron chi connectivity index (χ1n) is 7.13. The van der Waals surface area contributed by atoms with Crippen LogP contribution >= 0.6 is 0 Å². The highest BCUT2D eigenvalue weighted by atomic mass is 16.1. The van der Waals surface area contributed by atoms with Crippen molar-refractivity contribution in [1.82, 2.24) is 0 Å². The quantitative estimate of drug-likeness (QED) is 0.896. The fourth-order valence-electron chi connectivity index (χ4n) is 2.93. The third kappa shape index (κ3) is 3.28. The molecule has 0 heterocycles. The van der Waals surface area contributed by atoms with Crippen molar-refractivity contribution >= 4 is 17.3 Å². The van der Waals surface area contributed by atoms with Gasteiger partial charge in [0.2, 0.25) is 5.91 Å². The van der Waals surface area contributed by atoms with E-state index in [0.717, 1.165) is 5.69 Å². The van der Waals surface area contributed by atoms with Crippen LogP contribution in [0.15, 0.2) is 24.3 Å². The van der Waals surface area contributed by atoms with Crippen molar-refractivity contribution in [3.05, 3.63) is 24.3 Å². The summed E-state index contributed by atoms with van der Waals surface area (Å²) in [6.45, 7) is 3.89. The Morgan fingerprint density at radius 3 is 2.26 bits per heavy atom. The summed E-state index contributed by atoms with van der Waals surface area (Å²) in [4.78, 5) is 13.4. The maximum absolute atomic E-state index is 11.0. The van der Waals surface area contributed by atoms with Crippen LogP contribution in [-0.4, -0.2) is 18.5 Å². The Bertz CT molecular complexity index is 433. The van der Waals surface area contributed by atoms with Gasteiger partial charge in [0.25, 0.3) is 0 Å². The lowest BCUT2D eigenvalue weighted by Crippen LogP contribution is -2.45. The van der Waals surface area contributed by atoms with Gasteiger partial charge in [0, 0.05) is 30.9 Å². The van der Waals surface area contributed by atoms with Gasteiger partial charge in [-0.3, -0.25) is 4.79 Å². The number of hydrogen-bond acceptors (Lipinski definition) is 2. The Hall–Kier alpha value is -1.51. The molecule has 1 N–H and O–H groups in total. The zero-order valence-electron chi connectivity index (χ0n) is 12.2. The second-order valence-corrected chi connectivity index (χ2v) is 5.84. The van der Waals surface area contributed by atoms with Crippen LogP contribution in [0, 0.1) is 0 Å². The van der Waals surface area contributed by atoms with E-state index in [1.165, 1.54) is 44.7 Å². The van der Waals surface area contributed by atoms with Gasteiger partial charge in [0.1, 0.15) is 0 Å². The fraction of sp³-hybridized carbons (Fsp3) is 0.562. The van der Waals surface area contributed by atoms with E-state index in [1.54, 1.807) is 0 Å². The number of amides is 1. The first kappa shape index (κ1) is 13.9. The maximum Gasteiger partial charge on any atom is 0.221 e. The van der Waals surface area contributed by atoms with E-state index in [-0.39, 0.29) is 11.4 Å². The minimum Gasteiger partial charge on any atom is -0.369 e. The molecule has 0 saturated heterocycles. The van der Waals surface area contributed by atoms with Crippen LogP contribution in [0.2, 0.25) is 0 Å². The molecule has 0 spiro atoms. The van der Waals surface area contributed by atoms with Crippen LogP contribution in [0.3, 0.4) is 0 Å². The maximum atomic E-state index is 11.0. The average Bonchev–Trinajstić information content (AvgIpc) is 2.39. The summed E-state index contributed by atoms with van der Waals surface area (Å²) >= 11 is 0. The molecule has 0 aromatic heterocycles. The molecule has 1 fully saturated rings. The van der Waals surface area contributed by atoms with Crippen LogP contribution in [0.5, 0.6) is 0 Å². The summed E-state index contributed by atoms with van der Waals surface area (Å²) in [5, 5.41) is 2.80. The first-order chi connectivity index (χ1) is 9.01. The van der Waals surface area contributed by atoms with E-state index in [9.17, 15) is 4.79 Å². The van der Waals surface area contributed by atoms with Crippen molar-refractivity contribution in [1.29, 1.82) is 0 Å². The molecular formula is C16H24N2O. The number of anilines is 2. The predicted octanol–water partition coefficient (Wildman–Crippen LogP) is 3.80. The summed E-state index contributed by atoms with van der Waals surface area (Å²) < 4.78 is 0. The van der Waals surface area contributed by atoms with Crippen molar-refractivity contribution in [3.8, 4) is 0 Å². The predicted molar refractivity (Wildman–Crippen MR) is 80.6 cm³/mol. The molecule has 104 valence electrons. The standard InChI is InChI=1S/C16H24N2O/c1-13(19)17-14-7-9-15(10-8-14)18(3)16(2)11-5-4-6-12-16/h7-10H,4-6,11-12H2,1-3H3,(H,17,19). The average molecular weight is 260 g/mol. The van der Waals surface area contributed by atoms with Gasteiger partial charge in [0.05, 0.1) is 0 Å². The number of nitrogens with zero attached hydrogens (tertiary/aromatic N) is 1. The second-order valence-electron chi connectivity index (χ2n) is 5.84. The molecule has 1 aliphatic rings. The van der Waals surface area contributed by atoms with Crippen LogP contribution in [0.4, 0.5) is 11.4 Å². The SMILES string of the molecule is CC(=O)Nc1ccc(N(C)C2(C)CCCCC2)cc1. The van der Waals surface area contributed by atoms with Crippen LogP contribution < -0.4 is 10.2 Å². The van der Waals surface area contributed by atoms with Gasteiger partial charge in [0.15, 0.2) is 0 Å². The lowest BCUT2D eigenvalue weighted by atomic mass is 9.82. The Balaban J connectivity index is 2.10. The third-order valence-electron chi connectivity index (χ3n) is 4.32. The minimum atomic E-state index is -0.0275. The summed E-state index contributed by atoms with van der Waals surface area (Å²) in [5.41, 5.74) is 2.35. The zero-order valence-corrected chi connectivity index (χ0v) is 12.2. The van der Waals surface area contributed by atoms with Crippen molar-refractivity contribution in [2.75, 3.05) is 17.3 Å². The summed E-state index contributed by atoms with van der Waals surface area (Å²) in [5.74, 6) is -0.0275. The second kappa shape index (κ2) is 5.64. The van der Waals surface area contributed by atoms with E-state index in [1.807, 2.05) is 12.1 Å². The van der Waals surface area contributed by atoms with Crippen molar-refractivity contribution in [2.45, 2.75) is 51.5 Å². The van der Waals surface area contributed by atoms with E-state index in [0.29, 0.717) is 0 Å². The van der Waals surface area contributed by atoms with Crippen molar-refractivity contribution in [3.63, 3.8) is 0 Å². The first-order valence-corrected chi connectivity index (χ1v) is 7.13. The Labute approximate surface area is 116 Å². The number of rotatable bonds is 3. The molecule has 0 aliphatic heterocycles. The molecule has 0 unspecified atom stereocenters. The highest BCUT2D eigenvalue weighted by Gasteiger charge is 2.31. The molecule has 1 amide bonds. The highest BCUT2D eigenvalue weighted by molar-refractivity contribution is 5.88. The smallest absolute Gasteiger partial charge is 0.221 e. The lowest BCUT2D eigenvalue weighted by Gasteiger charge is -2.43. The van der Waals surface area contributed by atoms with Gasteiger partial charge in [-0.1, -0.05) is 19.3 Å². The molecule has 3 heteroatoms. The molecule has 0 atom stereocenters. The van der Waals surface area contributed by atoms with Gasteiger partial charge >= 0.3 is 0 Å². The van der Waals surface area contributed by atoms with Gasteiger partial charge in [-0.15, -0.1) is 0 Å². The zero-order chi connectivity index (χ0) is 13.9. The third-order valence-corrected chi connectivity index (χ3v) is 4.32. The highest BCUT2D eigenvalue weighted by Crippen LogP contribution is 2.35. The molecule has 1 aromatic carbocycles. The summed E-state index contributed by atoms with van der Waals surface area (Å²) in [7, 11) is 2.18. The topological polar surface area (TPSA) is 32.3 Å². The molecule has 1 aliphatic carbocycles. The molecular weight excluding hydrogens is 236 g/mol. The molecule has 3 nitrogen and oxygen atoms in total. The Morgan fingerprint density at radius 1 is 1.16 bits per heavy atom. The molecule has 0 radical (unpaired) electrons. The monoisotopic (exact) mass is 260 g/mol. The summed E-state index contributed by atoms with van der Waals surface area (Å²) in [6.07, 6.45) is 6.54. The molecule has 1 aromatic rings. The summed E-state index contributed by atoms with van der Waals surface area (Å²) in [6, 6.07) is 8.12. The molecule has 2 rings (SSSR count). The van der Waals surface area contributed by atoms with Gasteiger partial charge in [-0.25, -0.2) is 0 Å². The van der Waals surface area contributed by atoms with E-state index < -0.39 is 0 Å². The number of benzene rings is 1. The van der Waals surface area contributed by atoms with Gasteiger partial charge in [-0.05, 0) is 44.0 Å². The largest absolute Gasteiger partial charge is 0.369 e. The molecule has 1 saturated carbocycles. The molecule has 0 bridgehead atoms. The normalized spacial score (nSPS) is 17.8. The number of carbonyl (C=O) groups is 1. The Kier molecular flexibility index (Phi) is 4.13. The van der Waals surface area contributed by atoms with Gasteiger partial charge in [-0.2, -0.15) is 0 Å². The van der Waals surface area contributed by atoms with Crippen molar-refractivity contribution in [2.24, 2.45) is 0 Å². The van der Waals surface area contributed by atoms with Crippen molar-refractivity contribution < 1.29 is 4.79 Å². The van der Waals surface area contributed by atoms with Crippen LogP contribution in [0.1, 0.15) is 46.0 Å². The van der Waals surface area contributed by atoms with Gasteiger partial charge < -0.3 is 10.2 Å². The number of nitrogens with one attached hydrogen (secondary N) is 1. The lowest BCUT2D eigenvalue weighted by molar-refractivity contribution is -0.114. The minimum absolute atomic E-state index is 0.0275. The van der Waals surface area contributed by atoms with Crippen LogP contribution in [-0.2, 0) is 4.79 Å². The van der Waals surface area contributed by atoms with E-state index in [2.05, 4.69) is 36.3 Å². The number of carbonyl (C=O) groups excluding carboxylic acids is 1. The van der Waals surface area contributed by atoms with E-state index in [4.69, 9.17) is 0 Å². The molecule has 19 heavy (non-hydrogen) atoms. The number of hydrogen-bond donors (Lipinski definition) is 1. The van der Waals surface area contributed by atoms with E-state index >= 15 is 0 Å².